The highest BCUT2D eigenvalue weighted by molar-refractivity contribution is 5.89. The first-order chi connectivity index (χ1) is 11.1. The van der Waals surface area contributed by atoms with Gasteiger partial charge in [0.15, 0.2) is 0 Å². The van der Waals surface area contributed by atoms with Crippen molar-refractivity contribution in [2.75, 3.05) is 19.7 Å². The van der Waals surface area contributed by atoms with E-state index >= 15 is 0 Å². The molecule has 0 heterocycles. The molecule has 1 aromatic carbocycles. The summed E-state index contributed by atoms with van der Waals surface area (Å²) in [5.74, 6) is 0.158. The minimum atomic E-state index is -0.256. The Morgan fingerprint density at radius 1 is 1.17 bits per heavy atom. The van der Waals surface area contributed by atoms with E-state index in [9.17, 15) is 4.79 Å². The molecule has 4 N–H and O–H groups in total. The minimum absolute atomic E-state index is 0.115. The molecule has 4 heteroatoms. The van der Waals surface area contributed by atoms with Crippen LogP contribution in [0.3, 0.4) is 0 Å². The van der Waals surface area contributed by atoms with Crippen LogP contribution in [0.5, 0.6) is 0 Å². The summed E-state index contributed by atoms with van der Waals surface area (Å²) in [5.41, 5.74) is 12.2. The van der Waals surface area contributed by atoms with E-state index in [2.05, 4.69) is 31.2 Å². The first kappa shape index (κ1) is 19.1. The van der Waals surface area contributed by atoms with E-state index in [1.54, 1.807) is 19.1 Å². The van der Waals surface area contributed by atoms with Crippen LogP contribution < -0.4 is 11.5 Å². The molecule has 1 aliphatic carbocycles. The molecule has 0 aromatic heterocycles. The van der Waals surface area contributed by atoms with E-state index in [0.717, 1.165) is 6.42 Å². The molecule has 1 aromatic rings. The normalized spacial score (nSPS) is 22.2. The largest absolute Gasteiger partial charge is 0.462 e. The lowest BCUT2D eigenvalue weighted by Crippen LogP contribution is -2.39. The van der Waals surface area contributed by atoms with Gasteiger partial charge < -0.3 is 16.2 Å². The van der Waals surface area contributed by atoms with Gasteiger partial charge in [-0.3, -0.25) is 0 Å². The maximum atomic E-state index is 11.0. The predicted molar refractivity (Wildman–Crippen MR) is 95.0 cm³/mol. The molecular weight excluding hydrogens is 288 g/mol. The fourth-order valence-electron chi connectivity index (χ4n) is 2.61. The van der Waals surface area contributed by atoms with E-state index in [1.165, 1.54) is 0 Å². The van der Waals surface area contributed by atoms with Crippen molar-refractivity contribution < 1.29 is 9.53 Å². The molecule has 0 saturated heterocycles. The molecule has 0 spiro atoms. The molecule has 0 saturated carbocycles. The highest BCUT2D eigenvalue weighted by Crippen LogP contribution is 2.35. The smallest absolute Gasteiger partial charge is 0.338 e. The maximum absolute atomic E-state index is 11.0. The summed E-state index contributed by atoms with van der Waals surface area (Å²) in [5, 5.41) is 0. The Morgan fingerprint density at radius 3 is 2.35 bits per heavy atom. The molecule has 2 rings (SSSR count). The second-order valence-electron chi connectivity index (χ2n) is 5.46. The Kier molecular flexibility index (Phi) is 8.30. The summed E-state index contributed by atoms with van der Waals surface area (Å²) in [6, 6.07) is 8.96. The highest BCUT2D eigenvalue weighted by Gasteiger charge is 2.31. The van der Waals surface area contributed by atoms with Crippen molar-refractivity contribution in [2.45, 2.75) is 20.3 Å². The van der Waals surface area contributed by atoms with Crippen LogP contribution in [0.25, 0.3) is 0 Å². The average Bonchev–Trinajstić information content (AvgIpc) is 2.63. The van der Waals surface area contributed by atoms with E-state index in [1.807, 2.05) is 18.2 Å². The summed E-state index contributed by atoms with van der Waals surface area (Å²) in [4.78, 5) is 11.0. The van der Waals surface area contributed by atoms with Gasteiger partial charge in [-0.15, -0.1) is 0 Å². The van der Waals surface area contributed by atoms with Gasteiger partial charge in [-0.25, -0.2) is 4.79 Å². The Hall–Kier alpha value is -1.91. The minimum Gasteiger partial charge on any atom is -0.462 e. The van der Waals surface area contributed by atoms with E-state index in [4.69, 9.17) is 16.2 Å². The number of allylic oxidation sites excluding steroid dienone is 2. The Labute approximate surface area is 139 Å². The van der Waals surface area contributed by atoms with Gasteiger partial charge in [0.1, 0.15) is 0 Å². The Balaban J connectivity index is 0.000000231. The lowest BCUT2D eigenvalue weighted by atomic mass is 9.71. The average molecular weight is 316 g/mol. The van der Waals surface area contributed by atoms with Gasteiger partial charge in [0.25, 0.3) is 0 Å². The molecule has 0 radical (unpaired) electrons. The molecule has 0 amide bonds. The summed E-state index contributed by atoms with van der Waals surface area (Å²) in [6.07, 6.45) is 9.55. The van der Waals surface area contributed by atoms with Crippen molar-refractivity contribution >= 4 is 5.97 Å². The summed E-state index contributed by atoms with van der Waals surface area (Å²) < 4.78 is 4.79. The zero-order valence-electron chi connectivity index (χ0n) is 14.1. The van der Waals surface area contributed by atoms with Crippen molar-refractivity contribution in [3.8, 4) is 0 Å². The van der Waals surface area contributed by atoms with Crippen molar-refractivity contribution in [3.63, 3.8) is 0 Å². The molecule has 126 valence electrons. The van der Waals surface area contributed by atoms with Crippen LogP contribution in [0.4, 0.5) is 0 Å². The van der Waals surface area contributed by atoms with Crippen LogP contribution in [0.1, 0.15) is 30.6 Å². The van der Waals surface area contributed by atoms with Crippen molar-refractivity contribution in [1.82, 2.24) is 0 Å². The molecule has 4 nitrogen and oxygen atoms in total. The highest BCUT2D eigenvalue weighted by atomic mass is 16.5. The zero-order chi connectivity index (χ0) is 17.1. The molecule has 2 unspecified atom stereocenters. The summed E-state index contributed by atoms with van der Waals surface area (Å²) >= 11 is 0. The first-order valence-electron chi connectivity index (χ1n) is 8.11. The molecule has 2 atom stereocenters. The number of hydrogen-bond donors (Lipinski definition) is 2. The van der Waals surface area contributed by atoms with E-state index < -0.39 is 0 Å². The van der Waals surface area contributed by atoms with Gasteiger partial charge in [-0.1, -0.05) is 49.4 Å². The Bertz CT molecular complexity index is 519. The molecule has 0 fully saturated rings. The second-order valence-corrected chi connectivity index (χ2v) is 5.46. The monoisotopic (exact) mass is 316 g/mol. The van der Waals surface area contributed by atoms with Crippen LogP contribution >= 0.6 is 0 Å². The number of carbonyl (C=O) groups excluding carboxylic acids is 1. The SMILES string of the molecule is CCC1(CN)C=CC=CC1CN.CCOC(=O)c1ccccc1. The molecule has 0 aliphatic heterocycles. The van der Waals surface area contributed by atoms with Gasteiger partial charge in [0, 0.05) is 12.0 Å². The summed E-state index contributed by atoms with van der Waals surface area (Å²) in [6.45, 7) is 5.76. The molecule has 1 aliphatic rings. The van der Waals surface area contributed by atoms with Crippen molar-refractivity contribution in [2.24, 2.45) is 22.8 Å². The quantitative estimate of drug-likeness (QED) is 0.819. The van der Waals surface area contributed by atoms with E-state index in [-0.39, 0.29) is 11.4 Å². The maximum Gasteiger partial charge on any atom is 0.338 e. The van der Waals surface area contributed by atoms with Gasteiger partial charge in [0.2, 0.25) is 0 Å². The standard InChI is InChI=1S/C10H18N2.C9H10O2/c1-2-10(8-12)6-4-3-5-9(10)7-11;1-2-11-9(10)8-6-4-3-5-7-8/h3-6,9H,2,7-8,11-12H2,1H3;3-7H,2H2,1H3. The third-order valence-electron chi connectivity index (χ3n) is 4.20. The number of benzene rings is 1. The fraction of sp³-hybridized carbons (Fsp3) is 0.421. The third kappa shape index (κ3) is 5.34. The van der Waals surface area contributed by atoms with Crippen LogP contribution in [0, 0.1) is 11.3 Å². The number of nitrogens with two attached hydrogens (primary N) is 2. The van der Waals surface area contributed by atoms with Crippen LogP contribution in [0.2, 0.25) is 0 Å². The van der Waals surface area contributed by atoms with Crippen LogP contribution in [-0.2, 0) is 4.74 Å². The lowest BCUT2D eigenvalue weighted by molar-refractivity contribution is 0.0526. The van der Waals surface area contributed by atoms with Gasteiger partial charge in [-0.05, 0) is 37.9 Å². The van der Waals surface area contributed by atoms with Gasteiger partial charge in [-0.2, -0.15) is 0 Å². The number of hydrogen-bond acceptors (Lipinski definition) is 4. The predicted octanol–water partition coefficient (Wildman–Crippen LogP) is 2.91. The molecular formula is C19H28N2O2. The first-order valence-corrected chi connectivity index (χ1v) is 8.11. The number of carbonyl (C=O) groups is 1. The lowest BCUT2D eigenvalue weighted by Gasteiger charge is -2.36. The summed E-state index contributed by atoms with van der Waals surface area (Å²) in [7, 11) is 0. The fourth-order valence-corrected chi connectivity index (χ4v) is 2.61. The molecule has 23 heavy (non-hydrogen) atoms. The second kappa shape index (κ2) is 9.98. The number of rotatable bonds is 5. The zero-order valence-corrected chi connectivity index (χ0v) is 14.1. The van der Waals surface area contributed by atoms with Crippen LogP contribution in [0.15, 0.2) is 54.6 Å². The van der Waals surface area contributed by atoms with Crippen molar-refractivity contribution in [3.05, 3.63) is 60.2 Å². The Morgan fingerprint density at radius 2 is 1.87 bits per heavy atom. The topological polar surface area (TPSA) is 78.3 Å². The van der Waals surface area contributed by atoms with Crippen molar-refractivity contribution in [1.29, 1.82) is 0 Å². The van der Waals surface area contributed by atoms with E-state index in [0.29, 0.717) is 31.2 Å². The van der Waals surface area contributed by atoms with Gasteiger partial charge >= 0.3 is 5.97 Å². The number of ether oxygens (including phenoxy) is 1. The van der Waals surface area contributed by atoms with Gasteiger partial charge in [0.05, 0.1) is 12.2 Å². The molecule has 0 bridgehead atoms. The third-order valence-corrected chi connectivity index (χ3v) is 4.20. The number of esters is 1. The van der Waals surface area contributed by atoms with Crippen LogP contribution in [-0.4, -0.2) is 25.7 Å².